The first kappa shape index (κ1) is 14.2. The van der Waals surface area contributed by atoms with Gasteiger partial charge in [-0.25, -0.2) is 0 Å². The molecule has 0 aromatic rings. The Morgan fingerprint density at radius 3 is 2.35 bits per heavy atom. The first-order valence-electron chi connectivity index (χ1n) is 6.63. The lowest BCUT2D eigenvalue weighted by Crippen LogP contribution is -2.46. The first-order valence-corrected chi connectivity index (χ1v) is 6.63. The Hall–Kier alpha value is -0.860. The van der Waals surface area contributed by atoms with Crippen molar-refractivity contribution in [3.05, 3.63) is 0 Å². The zero-order valence-corrected chi connectivity index (χ0v) is 11.6. The minimum atomic E-state index is -0.348. The van der Waals surface area contributed by atoms with E-state index < -0.39 is 0 Å². The van der Waals surface area contributed by atoms with Crippen molar-refractivity contribution in [2.24, 2.45) is 5.41 Å². The van der Waals surface area contributed by atoms with Crippen LogP contribution in [0, 0.1) is 5.41 Å². The number of hydrogen-bond acceptors (Lipinski definition) is 2. The molecule has 1 unspecified atom stereocenters. The minimum Gasteiger partial charge on any atom is -0.339 e. The molecule has 1 fully saturated rings. The van der Waals surface area contributed by atoms with Crippen LogP contribution in [0.1, 0.15) is 59.8 Å². The number of nitrogens with zero attached hydrogens (tertiary/aromatic N) is 1. The number of carbonyl (C=O) groups excluding carboxylic acids is 2. The molecule has 0 saturated carbocycles. The highest BCUT2D eigenvalue weighted by molar-refractivity contribution is 5.83. The standard InChI is InChI=1S/C14H25NO2/c1-11(16)10-12-8-6-5-7-9-15(12)13(17)14(2,3)4/h12H,5-10H2,1-4H3. The molecule has 0 aromatic carbocycles. The van der Waals surface area contributed by atoms with Crippen molar-refractivity contribution >= 4 is 11.7 Å². The number of rotatable bonds is 2. The summed E-state index contributed by atoms with van der Waals surface area (Å²) in [6, 6.07) is 0.127. The van der Waals surface area contributed by atoms with Crippen molar-refractivity contribution < 1.29 is 9.59 Å². The van der Waals surface area contributed by atoms with Crippen LogP contribution in [-0.2, 0) is 9.59 Å². The van der Waals surface area contributed by atoms with Gasteiger partial charge in [0.25, 0.3) is 0 Å². The number of Topliss-reactive ketones (excluding diaryl/α,β-unsaturated/α-hetero) is 1. The van der Waals surface area contributed by atoms with Gasteiger partial charge in [-0.15, -0.1) is 0 Å². The van der Waals surface area contributed by atoms with Crippen molar-refractivity contribution in [2.45, 2.75) is 65.8 Å². The summed E-state index contributed by atoms with van der Waals surface area (Å²) in [5, 5.41) is 0. The Balaban J connectivity index is 2.81. The lowest BCUT2D eigenvalue weighted by Gasteiger charge is -2.34. The summed E-state index contributed by atoms with van der Waals surface area (Å²) in [4.78, 5) is 25.6. The summed E-state index contributed by atoms with van der Waals surface area (Å²) in [5.74, 6) is 0.370. The fourth-order valence-electron chi connectivity index (χ4n) is 2.42. The quantitative estimate of drug-likeness (QED) is 0.743. The summed E-state index contributed by atoms with van der Waals surface area (Å²) in [5.41, 5.74) is -0.348. The Labute approximate surface area is 105 Å². The number of ketones is 1. The molecule has 1 aliphatic rings. The molecule has 0 aliphatic carbocycles. The molecular weight excluding hydrogens is 214 g/mol. The van der Waals surface area contributed by atoms with E-state index in [1.807, 2.05) is 25.7 Å². The molecule has 3 heteroatoms. The molecule has 1 heterocycles. The van der Waals surface area contributed by atoms with Gasteiger partial charge in [-0.05, 0) is 19.8 Å². The van der Waals surface area contributed by atoms with E-state index in [4.69, 9.17) is 0 Å². The maximum Gasteiger partial charge on any atom is 0.228 e. The number of carbonyl (C=O) groups is 2. The number of likely N-dealkylation sites (tertiary alicyclic amines) is 1. The van der Waals surface area contributed by atoms with E-state index in [0.29, 0.717) is 6.42 Å². The lowest BCUT2D eigenvalue weighted by molar-refractivity contribution is -0.142. The van der Waals surface area contributed by atoms with Gasteiger partial charge in [0.15, 0.2) is 0 Å². The highest BCUT2D eigenvalue weighted by Gasteiger charge is 2.32. The number of hydrogen-bond donors (Lipinski definition) is 0. The van der Waals surface area contributed by atoms with Crippen LogP contribution >= 0.6 is 0 Å². The summed E-state index contributed by atoms with van der Waals surface area (Å²) in [6.45, 7) is 8.28. The topological polar surface area (TPSA) is 37.4 Å². The van der Waals surface area contributed by atoms with Crippen molar-refractivity contribution in [3.63, 3.8) is 0 Å². The van der Waals surface area contributed by atoms with Crippen LogP contribution in [0.4, 0.5) is 0 Å². The van der Waals surface area contributed by atoms with Crippen molar-refractivity contribution in [1.29, 1.82) is 0 Å². The molecule has 98 valence electrons. The van der Waals surface area contributed by atoms with Crippen LogP contribution in [0.15, 0.2) is 0 Å². The van der Waals surface area contributed by atoms with E-state index in [1.165, 1.54) is 6.42 Å². The van der Waals surface area contributed by atoms with E-state index in [0.717, 1.165) is 25.8 Å². The molecule has 17 heavy (non-hydrogen) atoms. The Morgan fingerprint density at radius 2 is 1.82 bits per heavy atom. The molecule has 1 amide bonds. The molecule has 0 bridgehead atoms. The first-order chi connectivity index (χ1) is 7.82. The predicted octanol–water partition coefficient (Wildman–Crippen LogP) is 2.78. The summed E-state index contributed by atoms with van der Waals surface area (Å²) in [6.07, 6.45) is 4.85. The maximum atomic E-state index is 12.4. The Bertz CT molecular complexity index is 291. The van der Waals surface area contributed by atoms with E-state index in [9.17, 15) is 9.59 Å². The van der Waals surface area contributed by atoms with Gasteiger partial charge < -0.3 is 4.90 Å². The average molecular weight is 239 g/mol. The van der Waals surface area contributed by atoms with Crippen LogP contribution in [0.2, 0.25) is 0 Å². The van der Waals surface area contributed by atoms with Crippen LogP contribution < -0.4 is 0 Å². The van der Waals surface area contributed by atoms with Gasteiger partial charge in [-0.3, -0.25) is 9.59 Å². The molecule has 0 spiro atoms. The van der Waals surface area contributed by atoms with Crippen LogP contribution in [-0.4, -0.2) is 29.2 Å². The summed E-state index contributed by atoms with van der Waals surface area (Å²) in [7, 11) is 0. The number of amides is 1. The van der Waals surface area contributed by atoms with Crippen LogP contribution in [0.3, 0.4) is 0 Å². The third-order valence-corrected chi connectivity index (χ3v) is 3.30. The summed E-state index contributed by atoms with van der Waals surface area (Å²) < 4.78 is 0. The molecule has 0 N–H and O–H groups in total. The van der Waals surface area contributed by atoms with Crippen molar-refractivity contribution in [3.8, 4) is 0 Å². The van der Waals surface area contributed by atoms with E-state index >= 15 is 0 Å². The zero-order chi connectivity index (χ0) is 13.1. The SMILES string of the molecule is CC(=O)CC1CCCCCN1C(=O)C(C)(C)C. The van der Waals surface area contributed by atoms with E-state index in [2.05, 4.69) is 0 Å². The largest absolute Gasteiger partial charge is 0.339 e. The van der Waals surface area contributed by atoms with Gasteiger partial charge in [-0.2, -0.15) is 0 Å². The monoisotopic (exact) mass is 239 g/mol. The normalized spacial score (nSPS) is 22.1. The smallest absolute Gasteiger partial charge is 0.228 e. The van der Waals surface area contributed by atoms with Crippen LogP contribution in [0.5, 0.6) is 0 Å². The summed E-state index contributed by atoms with van der Waals surface area (Å²) >= 11 is 0. The third-order valence-electron chi connectivity index (χ3n) is 3.30. The second-order valence-electron chi connectivity index (χ2n) is 6.16. The minimum absolute atomic E-state index is 0.127. The average Bonchev–Trinajstić information content (AvgIpc) is 2.40. The molecule has 3 nitrogen and oxygen atoms in total. The zero-order valence-electron chi connectivity index (χ0n) is 11.6. The second-order valence-corrected chi connectivity index (χ2v) is 6.16. The maximum absolute atomic E-state index is 12.4. The molecular formula is C14H25NO2. The van der Waals surface area contributed by atoms with Gasteiger partial charge in [0, 0.05) is 24.4 Å². The predicted molar refractivity (Wildman–Crippen MR) is 68.7 cm³/mol. The molecule has 0 aromatic heterocycles. The Kier molecular flexibility index (Phi) is 4.72. The van der Waals surface area contributed by atoms with E-state index in [-0.39, 0.29) is 23.1 Å². The molecule has 0 radical (unpaired) electrons. The second kappa shape index (κ2) is 5.65. The van der Waals surface area contributed by atoms with Crippen molar-refractivity contribution in [1.82, 2.24) is 4.90 Å². The van der Waals surface area contributed by atoms with Gasteiger partial charge in [0.1, 0.15) is 5.78 Å². The fraction of sp³-hybridized carbons (Fsp3) is 0.857. The van der Waals surface area contributed by atoms with Gasteiger partial charge >= 0.3 is 0 Å². The molecule has 1 atom stereocenters. The van der Waals surface area contributed by atoms with Gasteiger partial charge in [0.2, 0.25) is 5.91 Å². The van der Waals surface area contributed by atoms with Crippen molar-refractivity contribution in [2.75, 3.05) is 6.54 Å². The fourth-order valence-corrected chi connectivity index (χ4v) is 2.42. The van der Waals surface area contributed by atoms with E-state index in [1.54, 1.807) is 6.92 Å². The molecule has 1 saturated heterocycles. The molecule has 1 rings (SSSR count). The highest BCUT2D eigenvalue weighted by Crippen LogP contribution is 2.25. The van der Waals surface area contributed by atoms with Crippen LogP contribution in [0.25, 0.3) is 0 Å². The third kappa shape index (κ3) is 4.14. The highest BCUT2D eigenvalue weighted by atomic mass is 16.2. The van der Waals surface area contributed by atoms with Gasteiger partial charge in [0.05, 0.1) is 0 Å². The Morgan fingerprint density at radius 1 is 1.18 bits per heavy atom. The van der Waals surface area contributed by atoms with Gasteiger partial charge in [-0.1, -0.05) is 33.6 Å². The lowest BCUT2D eigenvalue weighted by atomic mass is 9.93. The molecule has 1 aliphatic heterocycles.